The number of sulfonamides is 1. The van der Waals surface area contributed by atoms with E-state index in [0.29, 0.717) is 19.4 Å². The summed E-state index contributed by atoms with van der Waals surface area (Å²) < 4.78 is 27.5. The van der Waals surface area contributed by atoms with Crippen molar-refractivity contribution in [3.05, 3.63) is 71.9 Å². The van der Waals surface area contributed by atoms with Crippen molar-refractivity contribution in [1.29, 1.82) is 0 Å². The van der Waals surface area contributed by atoms with Crippen molar-refractivity contribution in [2.45, 2.75) is 24.2 Å². The van der Waals surface area contributed by atoms with E-state index in [4.69, 9.17) is 9.88 Å². The van der Waals surface area contributed by atoms with Gasteiger partial charge in [-0.25, -0.2) is 13.6 Å². The summed E-state index contributed by atoms with van der Waals surface area (Å²) in [5.41, 5.74) is 2.49. The molecule has 2 aromatic carbocycles. The summed E-state index contributed by atoms with van der Waals surface area (Å²) in [7, 11) is -3.72. The van der Waals surface area contributed by atoms with E-state index in [0.717, 1.165) is 22.2 Å². The highest BCUT2D eigenvalue weighted by atomic mass is 32.2. The van der Waals surface area contributed by atoms with Crippen LogP contribution in [0.2, 0.25) is 0 Å². The predicted octanol–water partition coefficient (Wildman–Crippen LogP) is 1.72. The Labute approximate surface area is 180 Å². The first-order chi connectivity index (χ1) is 14.8. The number of benzene rings is 2. The van der Waals surface area contributed by atoms with Crippen molar-refractivity contribution in [3.8, 4) is 0 Å². The van der Waals surface area contributed by atoms with E-state index in [1.54, 1.807) is 12.1 Å². The number of aromatic nitrogens is 1. The lowest BCUT2D eigenvalue weighted by atomic mass is 10.1. The Morgan fingerprint density at radius 1 is 0.968 bits per heavy atom. The zero-order valence-corrected chi connectivity index (χ0v) is 17.6. The van der Waals surface area contributed by atoms with Gasteiger partial charge >= 0.3 is 5.97 Å². The Kier molecular flexibility index (Phi) is 7.32. The molecule has 0 unspecified atom stereocenters. The molecule has 8 nitrogen and oxygen atoms in total. The number of carbonyl (C=O) groups excluding carboxylic acids is 2. The van der Waals surface area contributed by atoms with Crippen LogP contribution in [0.15, 0.2) is 65.6 Å². The van der Waals surface area contributed by atoms with Gasteiger partial charge in [-0.05, 0) is 36.2 Å². The number of para-hydroxylation sites is 1. The number of hydrogen-bond acceptors (Lipinski definition) is 6. The van der Waals surface area contributed by atoms with Gasteiger partial charge in [0.2, 0.25) is 10.0 Å². The first kappa shape index (κ1) is 22.4. The fourth-order valence-corrected chi connectivity index (χ4v) is 3.45. The van der Waals surface area contributed by atoms with Gasteiger partial charge in [0.1, 0.15) is 0 Å². The SMILES string of the molecule is NS(=O)(=O)c1ccc(CCNC(=O)COC(=O)CCc2ccc3ccccc3n2)cc1. The number of nitrogens with two attached hydrogens (primary N) is 1. The Bertz CT molecular complexity index is 1180. The van der Waals surface area contributed by atoms with E-state index in [1.807, 2.05) is 36.4 Å². The topological polar surface area (TPSA) is 128 Å². The lowest BCUT2D eigenvalue weighted by Crippen LogP contribution is -2.30. The molecule has 1 heterocycles. The van der Waals surface area contributed by atoms with Crippen LogP contribution in [0.3, 0.4) is 0 Å². The second kappa shape index (κ2) is 10.1. The molecule has 1 amide bonds. The lowest BCUT2D eigenvalue weighted by molar-refractivity contribution is -0.148. The van der Waals surface area contributed by atoms with Gasteiger partial charge in [0, 0.05) is 24.0 Å². The maximum atomic E-state index is 11.9. The van der Waals surface area contributed by atoms with Gasteiger partial charge in [-0.1, -0.05) is 36.4 Å². The molecule has 3 N–H and O–H groups in total. The van der Waals surface area contributed by atoms with E-state index in [2.05, 4.69) is 10.3 Å². The second-order valence-corrected chi connectivity index (χ2v) is 8.51. The average molecular weight is 442 g/mol. The summed E-state index contributed by atoms with van der Waals surface area (Å²) in [6.07, 6.45) is 1.06. The van der Waals surface area contributed by atoms with Crippen molar-refractivity contribution in [2.24, 2.45) is 5.14 Å². The van der Waals surface area contributed by atoms with Gasteiger partial charge in [-0.15, -0.1) is 0 Å². The number of nitrogens with zero attached hydrogens (tertiary/aromatic N) is 1. The number of primary sulfonamides is 1. The molecule has 0 spiro atoms. The Balaban J connectivity index is 1.35. The molecule has 162 valence electrons. The van der Waals surface area contributed by atoms with Crippen LogP contribution in [-0.4, -0.2) is 38.4 Å². The standard InChI is InChI=1S/C22H23N3O5S/c23-31(28,29)19-10-5-16(6-11-19)13-14-24-21(26)15-30-22(27)12-9-18-8-7-17-3-1-2-4-20(17)25-18/h1-8,10-11H,9,12-15H2,(H,24,26)(H2,23,28,29). The molecule has 31 heavy (non-hydrogen) atoms. The Morgan fingerprint density at radius 2 is 1.71 bits per heavy atom. The van der Waals surface area contributed by atoms with Crippen LogP contribution in [-0.2, 0) is 37.2 Å². The highest BCUT2D eigenvalue weighted by Gasteiger charge is 2.10. The molecule has 0 fully saturated rings. The molecule has 0 aliphatic heterocycles. The van der Waals surface area contributed by atoms with E-state index in [9.17, 15) is 18.0 Å². The van der Waals surface area contributed by atoms with Gasteiger partial charge in [0.05, 0.1) is 16.8 Å². The Hall–Kier alpha value is -3.30. The van der Waals surface area contributed by atoms with Gasteiger partial charge in [-0.3, -0.25) is 14.6 Å². The van der Waals surface area contributed by atoms with Gasteiger partial charge in [0.25, 0.3) is 5.91 Å². The molecule has 0 atom stereocenters. The zero-order valence-electron chi connectivity index (χ0n) is 16.8. The van der Waals surface area contributed by atoms with Crippen LogP contribution in [0.4, 0.5) is 0 Å². The van der Waals surface area contributed by atoms with Crippen molar-refractivity contribution in [3.63, 3.8) is 0 Å². The monoisotopic (exact) mass is 441 g/mol. The van der Waals surface area contributed by atoms with E-state index >= 15 is 0 Å². The van der Waals surface area contributed by atoms with Crippen LogP contribution in [0.25, 0.3) is 10.9 Å². The summed E-state index contributed by atoms with van der Waals surface area (Å²) in [6.45, 7) is -0.0273. The maximum Gasteiger partial charge on any atom is 0.306 e. The number of rotatable bonds is 9. The van der Waals surface area contributed by atoms with Crippen molar-refractivity contribution < 1.29 is 22.7 Å². The normalized spacial score (nSPS) is 11.3. The number of ether oxygens (including phenoxy) is 1. The minimum atomic E-state index is -3.72. The molecular weight excluding hydrogens is 418 g/mol. The summed E-state index contributed by atoms with van der Waals surface area (Å²) in [6, 6.07) is 17.7. The molecule has 1 aromatic heterocycles. The number of hydrogen-bond donors (Lipinski definition) is 2. The van der Waals surface area contributed by atoms with Crippen LogP contribution in [0.5, 0.6) is 0 Å². The summed E-state index contributed by atoms with van der Waals surface area (Å²) in [5, 5.41) is 8.74. The van der Waals surface area contributed by atoms with Gasteiger partial charge in [-0.2, -0.15) is 0 Å². The molecule has 0 radical (unpaired) electrons. The van der Waals surface area contributed by atoms with Crippen molar-refractivity contribution in [2.75, 3.05) is 13.2 Å². The van der Waals surface area contributed by atoms with Crippen molar-refractivity contribution in [1.82, 2.24) is 10.3 Å². The third-order valence-corrected chi connectivity index (χ3v) is 5.52. The summed E-state index contributed by atoms with van der Waals surface area (Å²) in [4.78, 5) is 28.3. The minimum absolute atomic E-state index is 0.0334. The zero-order chi connectivity index (χ0) is 22.3. The highest BCUT2D eigenvalue weighted by Crippen LogP contribution is 2.13. The molecule has 0 aliphatic carbocycles. The summed E-state index contributed by atoms with van der Waals surface area (Å²) >= 11 is 0. The van der Waals surface area contributed by atoms with Crippen LogP contribution in [0.1, 0.15) is 17.7 Å². The number of aryl methyl sites for hydroxylation is 1. The summed E-state index contributed by atoms with van der Waals surface area (Å²) in [5.74, 6) is -0.873. The highest BCUT2D eigenvalue weighted by molar-refractivity contribution is 7.89. The second-order valence-electron chi connectivity index (χ2n) is 6.94. The van der Waals surface area contributed by atoms with Crippen LogP contribution >= 0.6 is 0 Å². The predicted molar refractivity (Wildman–Crippen MR) is 116 cm³/mol. The fraction of sp³-hybridized carbons (Fsp3) is 0.227. The largest absolute Gasteiger partial charge is 0.456 e. The molecule has 3 rings (SSSR count). The van der Waals surface area contributed by atoms with E-state index in [1.165, 1.54) is 12.1 Å². The number of esters is 1. The molecule has 0 saturated carbocycles. The van der Waals surface area contributed by atoms with Crippen LogP contribution < -0.4 is 10.5 Å². The smallest absolute Gasteiger partial charge is 0.306 e. The molecule has 0 aliphatic rings. The minimum Gasteiger partial charge on any atom is -0.456 e. The van der Waals surface area contributed by atoms with Gasteiger partial charge in [0.15, 0.2) is 6.61 Å². The average Bonchev–Trinajstić information content (AvgIpc) is 2.76. The fourth-order valence-electron chi connectivity index (χ4n) is 2.94. The van der Waals surface area contributed by atoms with E-state index < -0.39 is 21.9 Å². The third-order valence-electron chi connectivity index (χ3n) is 4.59. The Morgan fingerprint density at radius 3 is 2.45 bits per heavy atom. The number of nitrogens with one attached hydrogen (secondary N) is 1. The van der Waals surface area contributed by atoms with Crippen LogP contribution in [0, 0.1) is 0 Å². The molecule has 0 bridgehead atoms. The van der Waals surface area contributed by atoms with Gasteiger partial charge < -0.3 is 10.1 Å². The number of fused-ring (bicyclic) bond motifs is 1. The number of pyridine rings is 1. The van der Waals surface area contributed by atoms with E-state index in [-0.39, 0.29) is 17.9 Å². The molecule has 3 aromatic rings. The number of carbonyl (C=O) groups is 2. The lowest BCUT2D eigenvalue weighted by Gasteiger charge is -2.07. The number of amides is 1. The maximum absolute atomic E-state index is 11.9. The molecule has 9 heteroatoms. The molecule has 0 saturated heterocycles. The first-order valence-electron chi connectivity index (χ1n) is 9.70. The third kappa shape index (κ3) is 6.87. The quantitative estimate of drug-likeness (QED) is 0.487. The molecular formula is C22H23N3O5S. The van der Waals surface area contributed by atoms with Crippen molar-refractivity contribution >= 4 is 32.8 Å². The first-order valence-corrected chi connectivity index (χ1v) is 11.2.